The highest BCUT2D eigenvalue weighted by atomic mass is 79.9. The van der Waals surface area contributed by atoms with E-state index < -0.39 is 11.7 Å². The Morgan fingerprint density at radius 3 is 2.57 bits per heavy atom. The maximum Gasteiger partial charge on any atom is 0.251 e. The average molecular weight is 357 g/mol. The smallest absolute Gasteiger partial charge is 0.251 e. The molecular formula is C15H18BrFN2O2. The Labute approximate surface area is 131 Å². The van der Waals surface area contributed by atoms with Crippen LogP contribution in [0, 0.1) is 5.82 Å². The predicted octanol–water partition coefficient (Wildman–Crippen LogP) is 2.77. The normalized spacial score (nSPS) is 15.5. The van der Waals surface area contributed by atoms with Gasteiger partial charge in [0.05, 0.1) is 6.54 Å². The van der Waals surface area contributed by atoms with Crippen molar-refractivity contribution in [3.05, 3.63) is 34.1 Å². The molecular weight excluding hydrogens is 339 g/mol. The van der Waals surface area contributed by atoms with Crippen LogP contribution in [0.4, 0.5) is 4.39 Å². The van der Waals surface area contributed by atoms with Gasteiger partial charge >= 0.3 is 0 Å². The lowest BCUT2D eigenvalue weighted by Crippen LogP contribution is -2.42. The van der Waals surface area contributed by atoms with Gasteiger partial charge < -0.3 is 10.6 Å². The minimum Gasteiger partial charge on any atom is -0.352 e. The van der Waals surface area contributed by atoms with Crippen molar-refractivity contribution in [1.29, 1.82) is 0 Å². The zero-order chi connectivity index (χ0) is 15.2. The fourth-order valence-electron chi connectivity index (χ4n) is 2.47. The molecule has 0 saturated heterocycles. The molecule has 0 aromatic heterocycles. The molecule has 0 spiro atoms. The van der Waals surface area contributed by atoms with Crippen LogP contribution in [-0.2, 0) is 4.79 Å². The number of amides is 2. The van der Waals surface area contributed by atoms with Crippen LogP contribution in [0.25, 0.3) is 0 Å². The van der Waals surface area contributed by atoms with Gasteiger partial charge in [0, 0.05) is 16.1 Å². The van der Waals surface area contributed by atoms with Crippen molar-refractivity contribution in [3.63, 3.8) is 0 Å². The Morgan fingerprint density at radius 1 is 1.19 bits per heavy atom. The molecule has 0 bridgehead atoms. The van der Waals surface area contributed by atoms with Gasteiger partial charge in [-0.25, -0.2) is 4.39 Å². The lowest BCUT2D eigenvalue weighted by Gasteiger charge is -2.22. The van der Waals surface area contributed by atoms with Gasteiger partial charge in [-0.1, -0.05) is 35.2 Å². The molecule has 0 atom stereocenters. The van der Waals surface area contributed by atoms with E-state index in [4.69, 9.17) is 0 Å². The van der Waals surface area contributed by atoms with E-state index in [-0.39, 0.29) is 24.1 Å². The van der Waals surface area contributed by atoms with Crippen molar-refractivity contribution in [2.75, 3.05) is 6.54 Å². The molecule has 2 N–H and O–H groups in total. The standard InChI is InChI=1S/C15H18BrFN2O2/c16-11-6-10(7-12(17)8-11)15(21)18-9-14(20)19-13-4-2-1-3-5-13/h6-8,13H,1-5,9H2,(H,18,21)(H,19,20). The summed E-state index contributed by atoms with van der Waals surface area (Å²) in [6, 6.07) is 4.13. The maximum atomic E-state index is 13.2. The molecule has 0 radical (unpaired) electrons. The molecule has 1 aliphatic rings. The van der Waals surface area contributed by atoms with E-state index in [0.29, 0.717) is 4.47 Å². The van der Waals surface area contributed by atoms with E-state index >= 15 is 0 Å². The number of carbonyl (C=O) groups excluding carboxylic acids is 2. The molecule has 0 aliphatic heterocycles. The van der Waals surface area contributed by atoms with E-state index in [2.05, 4.69) is 26.6 Å². The lowest BCUT2D eigenvalue weighted by atomic mass is 9.95. The number of nitrogens with one attached hydrogen (secondary N) is 2. The Kier molecular flexibility index (Phi) is 5.73. The fraction of sp³-hybridized carbons (Fsp3) is 0.467. The Hall–Kier alpha value is -1.43. The van der Waals surface area contributed by atoms with Crippen LogP contribution in [-0.4, -0.2) is 24.4 Å². The quantitative estimate of drug-likeness (QED) is 0.871. The van der Waals surface area contributed by atoms with Crippen LogP contribution in [0.2, 0.25) is 0 Å². The third-order valence-corrected chi connectivity index (χ3v) is 3.96. The van der Waals surface area contributed by atoms with Crippen molar-refractivity contribution in [2.45, 2.75) is 38.1 Å². The predicted molar refractivity (Wildman–Crippen MR) is 81.4 cm³/mol. The van der Waals surface area contributed by atoms with Crippen LogP contribution >= 0.6 is 15.9 Å². The number of hydrogen-bond acceptors (Lipinski definition) is 2. The first-order valence-corrected chi connectivity index (χ1v) is 7.87. The van der Waals surface area contributed by atoms with Crippen molar-refractivity contribution in [3.8, 4) is 0 Å². The van der Waals surface area contributed by atoms with Crippen molar-refractivity contribution >= 4 is 27.7 Å². The molecule has 4 nitrogen and oxygen atoms in total. The molecule has 1 aromatic rings. The van der Waals surface area contributed by atoms with Crippen LogP contribution in [0.3, 0.4) is 0 Å². The van der Waals surface area contributed by atoms with Crippen LogP contribution in [0.1, 0.15) is 42.5 Å². The summed E-state index contributed by atoms with van der Waals surface area (Å²) in [7, 11) is 0. The van der Waals surface area contributed by atoms with Crippen LogP contribution in [0.5, 0.6) is 0 Å². The summed E-state index contributed by atoms with van der Waals surface area (Å²) in [5.74, 6) is -1.17. The van der Waals surface area contributed by atoms with Crippen LogP contribution < -0.4 is 10.6 Å². The Balaban J connectivity index is 1.81. The van der Waals surface area contributed by atoms with E-state index in [1.54, 1.807) is 0 Å². The van der Waals surface area contributed by atoms with Gasteiger partial charge in [0.15, 0.2) is 0 Å². The van der Waals surface area contributed by atoms with Gasteiger partial charge in [-0.2, -0.15) is 0 Å². The first kappa shape index (κ1) is 15.9. The van der Waals surface area contributed by atoms with Crippen molar-refractivity contribution in [1.82, 2.24) is 10.6 Å². The van der Waals surface area contributed by atoms with Gasteiger partial charge in [0.2, 0.25) is 5.91 Å². The van der Waals surface area contributed by atoms with Crippen molar-refractivity contribution in [2.24, 2.45) is 0 Å². The summed E-state index contributed by atoms with van der Waals surface area (Å²) in [5.41, 5.74) is 0.187. The molecule has 1 aromatic carbocycles. The minimum atomic E-state index is -0.499. The highest BCUT2D eigenvalue weighted by Gasteiger charge is 2.16. The fourth-order valence-corrected chi connectivity index (χ4v) is 2.94. The molecule has 1 fully saturated rings. The summed E-state index contributed by atoms with van der Waals surface area (Å²) in [4.78, 5) is 23.6. The summed E-state index contributed by atoms with van der Waals surface area (Å²) in [5, 5.41) is 5.42. The highest BCUT2D eigenvalue weighted by Crippen LogP contribution is 2.17. The molecule has 6 heteroatoms. The first-order chi connectivity index (χ1) is 10.0. The molecule has 1 aliphatic carbocycles. The Bertz CT molecular complexity index is 510. The largest absolute Gasteiger partial charge is 0.352 e. The SMILES string of the molecule is O=C(CNC(=O)c1cc(F)cc(Br)c1)NC1CCCCC1. The molecule has 1 saturated carbocycles. The molecule has 2 amide bonds. The summed E-state index contributed by atoms with van der Waals surface area (Å²) in [6.07, 6.45) is 5.48. The molecule has 0 heterocycles. The number of halogens is 2. The first-order valence-electron chi connectivity index (χ1n) is 7.08. The molecule has 114 valence electrons. The molecule has 2 rings (SSSR count). The monoisotopic (exact) mass is 356 g/mol. The highest BCUT2D eigenvalue weighted by molar-refractivity contribution is 9.10. The number of benzene rings is 1. The Morgan fingerprint density at radius 2 is 1.90 bits per heavy atom. The molecule has 21 heavy (non-hydrogen) atoms. The number of hydrogen-bond donors (Lipinski definition) is 2. The van der Waals surface area contributed by atoms with E-state index in [0.717, 1.165) is 31.7 Å². The summed E-state index contributed by atoms with van der Waals surface area (Å²) >= 11 is 3.13. The zero-order valence-corrected chi connectivity index (χ0v) is 13.2. The zero-order valence-electron chi connectivity index (χ0n) is 11.6. The van der Waals surface area contributed by atoms with Gasteiger partial charge in [-0.15, -0.1) is 0 Å². The third-order valence-electron chi connectivity index (χ3n) is 3.50. The topological polar surface area (TPSA) is 58.2 Å². The second-order valence-corrected chi connectivity index (χ2v) is 6.16. The number of carbonyl (C=O) groups is 2. The average Bonchev–Trinajstić information content (AvgIpc) is 2.45. The van der Waals surface area contributed by atoms with E-state index in [9.17, 15) is 14.0 Å². The lowest BCUT2D eigenvalue weighted by molar-refractivity contribution is -0.121. The second kappa shape index (κ2) is 7.54. The maximum absolute atomic E-state index is 13.2. The van der Waals surface area contributed by atoms with Gasteiger partial charge in [0.25, 0.3) is 5.91 Å². The van der Waals surface area contributed by atoms with E-state index in [1.807, 2.05) is 0 Å². The third kappa shape index (κ3) is 5.12. The van der Waals surface area contributed by atoms with Gasteiger partial charge in [-0.3, -0.25) is 9.59 Å². The summed E-state index contributed by atoms with van der Waals surface area (Å²) < 4.78 is 13.7. The number of rotatable bonds is 4. The summed E-state index contributed by atoms with van der Waals surface area (Å²) in [6.45, 7) is -0.0938. The van der Waals surface area contributed by atoms with E-state index in [1.165, 1.54) is 18.6 Å². The second-order valence-electron chi connectivity index (χ2n) is 5.24. The molecule has 0 unspecified atom stereocenters. The van der Waals surface area contributed by atoms with Gasteiger partial charge in [0.1, 0.15) is 5.82 Å². The van der Waals surface area contributed by atoms with Crippen molar-refractivity contribution < 1.29 is 14.0 Å². The van der Waals surface area contributed by atoms with Crippen LogP contribution in [0.15, 0.2) is 22.7 Å². The van der Waals surface area contributed by atoms with Gasteiger partial charge in [-0.05, 0) is 31.0 Å². The minimum absolute atomic E-state index is 0.0938.